The molecule has 2 N–H and O–H groups in total. The number of benzene rings is 2. The van der Waals surface area contributed by atoms with Crippen molar-refractivity contribution in [3.63, 3.8) is 0 Å². The summed E-state index contributed by atoms with van der Waals surface area (Å²) in [6.45, 7) is -0.591. The van der Waals surface area contributed by atoms with Crippen LogP contribution in [0.5, 0.6) is 0 Å². The summed E-state index contributed by atoms with van der Waals surface area (Å²) < 4.78 is 11.3. The Hall–Kier alpha value is -2.96. The zero-order chi connectivity index (χ0) is 23.2. The van der Waals surface area contributed by atoms with Gasteiger partial charge in [0.2, 0.25) is 0 Å². The van der Waals surface area contributed by atoms with E-state index in [-0.39, 0.29) is 25.0 Å². The van der Waals surface area contributed by atoms with Crippen molar-refractivity contribution < 1.29 is 29.3 Å². The Kier molecular flexibility index (Phi) is 7.57. The number of allylic oxidation sites excluding steroid dienone is 2. The molecule has 0 amide bonds. The summed E-state index contributed by atoms with van der Waals surface area (Å²) in [7, 11) is 0. The maximum Gasteiger partial charge on any atom is 0.310 e. The first-order valence-electron chi connectivity index (χ1n) is 11.5. The largest absolute Gasteiger partial charge is 0.459 e. The van der Waals surface area contributed by atoms with Crippen LogP contribution < -0.4 is 0 Å². The van der Waals surface area contributed by atoms with E-state index in [0.717, 1.165) is 11.1 Å². The smallest absolute Gasteiger partial charge is 0.310 e. The quantitative estimate of drug-likeness (QED) is 0.427. The molecule has 1 fully saturated rings. The SMILES string of the molecule is O=C(OC(CO)Cc1ccccc1)C1C2C=CC(C2)C1C(=O)OC(CO)Cc1ccccc1. The zero-order valence-corrected chi connectivity index (χ0v) is 18.5. The van der Waals surface area contributed by atoms with Crippen LogP contribution in [-0.2, 0) is 31.9 Å². The Morgan fingerprint density at radius 2 is 1.12 bits per heavy atom. The van der Waals surface area contributed by atoms with Gasteiger partial charge in [0, 0.05) is 12.8 Å². The minimum atomic E-state index is -0.678. The van der Waals surface area contributed by atoms with E-state index in [1.165, 1.54) is 0 Å². The van der Waals surface area contributed by atoms with Crippen LogP contribution >= 0.6 is 0 Å². The zero-order valence-electron chi connectivity index (χ0n) is 18.5. The molecular weight excluding hydrogens is 420 g/mol. The highest BCUT2D eigenvalue weighted by atomic mass is 16.6. The molecular formula is C27H30O6. The van der Waals surface area contributed by atoms with E-state index < -0.39 is 36.0 Å². The highest BCUT2D eigenvalue weighted by Gasteiger charge is 2.53. The highest BCUT2D eigenvalue weighted by Crippen LogP contribution is 2.49. The van der Waals surface area contributed by atoms with Crippen LogP contribution in [0.15, 0.2) is 72.8 Å². The van der Waals surface area contributed by atoms with Gasteiger partial charge < -0.3 is 19.7 Å². The summed E-state index contributed by atoms with van der Waals surface area (Å²) in [5.74, 6) is -2.42. The van der Waals surface area contributed by atoms with E-state index in [0.29, 0.717) is 19.3 Å². The molecule has 2 aliphatic rings. The van der Waals surface area contributed by atoms with Gasteiger partial charge in [0.15, 0.2) is 0 Å². The van der Waals surface area contributed by atoms with E-state index in [4.69, 9.17) is 9.47 Å². The van der Waals surface area contributed by atoms with Gasteiger partial charge in [0.1, 0.15) is 12.2 Å². The molecule has 6 unspecified atom stereocenters. The van der Waals surface area contributed by atoms with Crippen LogP contribution in [0.4, 0.5) is 0 Å². The predicted octanol–water partition coefficient (Wildman–Crippen LogP) is 2.72. The lowest BCUT2D eigenvalue weighted by Crippen LogP contribution is -2.39. The molecule has 4 rings (SSSR count). The number of esters is 2. The van der Waals surface area contributed by atoms with E-state index in [9.17, 15) is 19.8 Å². The topological polar surface area (TPSA) is 93.1 Å². The monoisotopic (exact) mass is 450 g/mol. The van der Waals surface area contributed by atoms with Crippen molar-refractivity contribution in [1.29, 1.82) is 0 Å². The molecule has 6 nitrogen and oxygen atoms in total. The van der Waals surface area contributed by atoms with Crippen molar-refractivity contribution in [2.45, 2.75) is 31.5 Å². The van der Waals surface area contributed by atoms with Crippen LogP contribution in [0.2, 0.25) is 0 Å². The van der Waals surface area contributed by atoms with Crippen LogP contribution in [0, 0.1) is 23.7 Å². The molecule has 0 aromatic heterocycles. The Labute approximate surface area is 193 Å². The molecule has 174 valence electrons. The third kappa shape index (κ3) is 5.52. The van der Waals surface area contributed by atoms with Crippen molar-refractivity contribution in [1.82, 2.24) is 0 Å². The van der Waals surface area contributed by atoms with Gasteiger partial charge in [-0.3, -0.25) is 9.59 Å². The van der Waals surface area contributed by atoms with E-state index in [2.05, 4.69) is 0 Å². The molecule has 2 aliphatic carbocycles. The second-order valence-electron chi connectivity index (χ2n) is 8.86. The Bertz CT molecular complexity index is 880. The van der Waals surface area contributed by atoms with Gasteiger partial charge in [-0.1, -0.05) is 72.8 Å². The lowest BCUT2D eigenvalue weighted by Gasteiger charge is -2.28. The van der Waals surface area contributed by atoms with E-state index in [1.54, 1.807) is 0 Å². The maximum atomic E-state index is 13.1. The fourth-order valence-corrected chi connectivity index (χ4v) is 4.99. The second-order valence-corrected chi connectivity index (χ2v) is 8.86. The van der Waals surface area contributed by atoms with Crippen molar-refractivity contribution >= 4 is 11.9 Å². The Morgan fingerprint density at radius 3 is 1.48 bits per heavy atom. The van der Waals surface area contributed by atoms with Gasteiger partial charge in [-0.2, -0.15) is 0 Å². The third-order valence-electron chi connectivity index (χ3n) is 6.59. The van der Waals surface area contributed by atoms with Gasteiger partial charge in [0.05, 0.1) is 25.0 Å². The van der Waals surface area contributed by atoms with Crippen LogP contribution in [-0.4, -0.2) is 47.6 Å². The van der Waals surface area contributed by atoms with Gasteiger partial charge in [0.25, 0.3) is 0 Å². The summed E-state index contributed by atoms with van der Waals surface area (Å²) in [6.07, 6.45) is 4.09. The normalized spacial score (nSPS) is 24.9. The molecule has 0 saturated heterocycles. The summed E-state index contributed by atoms with van der Waals surface area (Å²) in [4.78, 5) is 26.3. The average Bonchev–Trinajstić information content (AvgIpc) is 3.46. The van der Waals surface area contributed by atoms with Crippen LogP contribution in [0.3, 0.4) is 0 Å². The number of carbonyl (C=O) groups is 2. The molecule has 0 aliphatic heterocycles. The molecule has 6 atom stereocenters. The summed E-state index contributed by atoms with van der Waals surface area (Å²) in [5.41, 5.74) is 1.92. The van der Waals surface area contributed by atoms with E-state index in [1.807, 2.05) is 72.8 Å². The number of aliphatic hydroxyl groups is 2. The molecule has 0 radical (unpaired) electrons. The van der Waals surface area contributed by atoms with Crippen molar-refractivity contribution in [2.24, 2.45) is 23.7 Å². The minimum Gasteiger partial charge on any atom is -0.459 e. The average molecular weight is 451 g/mol. The summed E-state index contributed by atoms with van der Waals surface area (Å²) in [5, 5.41) is 19.5. The Balaban J connectivity index is 1.42. The fraction of sp³-hybridized carbons (Fsp3) is 0.407. The number of hydrogen-bond donors (Lipinski definition) is 2. The first kappa shape index (κ1) is 23.2. The number of fused-ring (bicyclic) bond motifs is 2. The number of ether oxygens (including phenoxy) is 2. The lowest BCUT2D eigenvalue weighted by atomic mass is 9.83. The highest BCUT2D eigenvalue weighted by molar-refractivity contribution is 5.84. The second kappa shape index (κ2) is 10.8. The Morgan fingerprint density at radius 1 is 0.727 bits per heavy atom. The van der Waals surface area contributed by atoms with Crippen molar-refractivity contribution in [2.75, 3.05) is 13.2 Å². The first-order valence-corrected chi connectivity index (χ1v) is 11.5. The summed E-state index contributed by atoms with van der Waals surface area (Å²) in [6, 6.07) is 19.0. The molecule has 0 heterocycles. The van der Waals surface area contributed by atoms with Crippen molar-refractivity contribution in [3.05, 3.63) is 83.9 Å². The molecule has 6 heteroatoms. The van der Waals surface area contributed by atoms with Gasteiger partial charge >= 0.3 is 11.9 Å². The molecule has 0 spiro atoms. The predicted molar refractivity (Wildman–Crippen MR) is 122 cm³/mol. The number of rotatable bonds is 10. The van der Waals surface area contributed by atoms with Gasteiger partial charge in [-0.05, 0) is 29.4 Å². The summed E-state index contributed by atoms with van der Waals surface area (Å²) >= 11 is 0. The maximum absolute atomic E-state index is 13.1. The fourth-order valence-electron chi connectivity index (χ4n) is 4.99. The van der Waals surface area contributed by atoms with E-state index >= 15 is 0 Å². The molecule has 2 bridgehead atoms. The molecule has 1 saturated carbocycles. The van der Waals surface area contributed by atoms with Gasteiger partial charge in [-0.25, -0.2) is 0 Å². The van der Waals surface area contributed by atoms with Crippen LogP contribution in [0.25, 0.3) is 0 Å². The molecule has 2 aromatic rings. The molecule has 2 aromatic carbocycles. The standard InChI is InChI=1S/C27H30O6/c28-16-22(13-18-7-3-1-4-8-18)32-26(30)24-20-11-12-21(15-20)25(24)27(31)33-23(17-29)14-19-9-5-2-6-10-19/h1-12,20-25,28-29H,13-17H2. The minimum absolute atomic E-state index is 0.0854. The number of hydrogen-bond acceptors (Lipinski definition) is 6. The third-order valence-corrected chi connectivity index (χ3v) is 6.59. The van der Waals surface area contributed by atoms with Crippen molar-refractivity contribution in [3.8, 4) is 0 Å². The lowest BCUT2D eigenvalue weighted by molar-refractivity contribution is -0.169. The van der Waals surface area contributed by atoms with Gasteiger partial charge in [-0.15, -0.1) is 0 Å². The number of aliphatic hydroxyl groups excluding tert-OH is 2. The molecule has 33 heavy (non-hydrogen) atoms. The first-order chi connectivity index (χ1) is 16.1. The number of carbonyl (C=O) groups excluding carboxylic acids is 2. The van der Waals surface area contributed by atoms with Crippen LogP contribution in [0.1, 0.15) is 17.5 Å².